The number of carbonyl (C=O) groups excluding carboxylic acids is 1. The van der Waals surface area contributed by atoms with Gasteiger partial charge in [-0.05, 0) is 50.7 Å². The first-order chi connectivity index (χ1) is 14.3. The third-order valence-electron chi connectivity index (χ3n) is 5.62. The number of aryl methyl sites for hydroxylation is 1. The monoisotopic (exact) mass is 414 g/mol. The van der Waals surface area contributed by atoms with Gasteiger partial charge in [-0.1, -0.05) is 6.92 Å². The quantitative estimate of drug-likeness (QED) is 0.576. The first kappa shape index (κ1) is 21.7. The number of piperazine rings is 1. The number of halogens is 1. The molecule has 1 atom stereocenters. The van der Waals surface area contributed by atoms with E-state index in [2.05, 4.69) is 22.0 Å². The minimum Gasteiger partial charge on any atom is -0.369 e. The van der Waals surface area contributed by atoms with Crippen molar-refractivity contribution in [3.63, 3.8) is 0 Å². The summed E-state index contributed by atoms with van der Waals surface area (Å²) in [6.45, 7) is 10.1. The van der Waals surface area contributed by atoms with E-state index in [9.17, 15) is 19.3 Å². The van der Waals surface area contributed by atoms with Gasteiger partial charge in [0.05, 0.1) is 11.0 Å². The molecule has 1 saturated heterocycles. The predicted molar refractivity (Wildman–Crippen MR) is 114 cm³/mol. The summed E-state index contributed by atoms with van der Waals surface area (Å²) in [5, 5.41) is 13.9. The van der Waals surface area contributed by atoms with Gasteiger partial charge in [-0.2, -0.15) is 0 Å². The minimum absolute atomic E-state index is 0.0294. The highest BCUT2D eigenvalue weighted by Gasteiger charge is 2.22. The molecule has 0 saturated carbocycles. The molecule has 160 valence electrons. The number of amides is 1. The first-order valence-electron chi connectivity index (χ1n) is 10.1. The number of benzene rings is 2. The molecule has 1 fully saturated rings. The van der Waals surface area contributed by atoms with E-state index < -0.39 is 11.0 Å². The Labute approximate surface area is 175 Å². The van der Waals surface area contributed by atoms with Gasteiger partial charge in [0.2, 0.25) is 0 Å². The molecule has 30 heavy (non-hydrogen) atoms. The Morgan fingerprint density at radius 2 is 1.90 bits per heavy atom. The summed E-state index contributed by atoms with van der Waals surface area (Å²) in [5.74, 6) is -0.709. The third kappa shape index (κ3) is 4.76. The Kier molecular flexibility index (Phi) is 6.66. The number of carbonyl (C=O) groups is 1. The van der Waals surface area contributed by atoms with Gasteiger partial charge in [-0.3, -0.25) is 14.9 Å². The Bertz CT molecular complexity index is 942. The molecule has 8 heteroatoms. The molecule has 0 radical (unpaired) electrons. The van der Waals surface area contributed by atoms with Crippen molar-refractivity contribution in [2.24, 2.45) is 0 Å². The molecular formula is C22H27FN4O3. The van der Waals surface area contributed by atoms with E-state index in [-0.39, 0.29) is 17.4 Å². The number of nitrogens with zero attached hydrogens (tertiary/aromatic N) is 3. The Morgan fingerprint density at radius 1 is 1.20 bits per heavy atom. The zero-order valence-electron chi connectivity index (χ0n) is 17.5. The van der Waals surface area contributed by atoms with Crippen LogP contribution in [0.2, 0.25) is 0 Å². The van der Waals surface area contributed by atoms with Gasteiger partial charge in [-0.15, -0.1) is 0 Å². The lowest BCUT2D eigenvalue weighted by molar-refractivity contribution is -0.385. The zero-order valence-corrected chi connectivity index (χ0v) is 17.5. The Balaban J connectivity index is 1.79. The molecule has 1 aliphatic heterocycles. The smallest absolute Gasteiger partial charge is 0.272 e. The number of hydrogen-bond acceptors (Lipinski definition) is 5. The first-order valence-corrected chi connectivity index (χ1v) is 10.1. The summed E-state index contributed by atoms with van der Waals surface area (Å²) in [7, 11) is 0. The van der Waals surface area contributed by atoms with E-state index in [0.717, 1.165) is 38.4 Å². The summed E-state index contributed by atoms with van der Waals surface area (Å²) in [6, 6.07) is 8.51. The van der Waals surface area contributed by atoms with Crippen molar-refractivity contribution in [3.05, 3.63) is 69.0 Å². The maximum Gasteiger partial charge on any atom is 0.272 e. The van der Waals surface area contributed by atoms with Gasteiger partial charge in [0.1, 0.15) is 5.82 Å². The fraction of sp³-hybridized carbons (Fsp3) is 0.409. The number of hydrogen-bond donors (Lipinski definition) is 1. The van der Waals surface area contributed by atoms with Crippen LogP contribution in [0.1, 0.15) is 41.4 Å². The third-order valence-corrected chi connectivity index (χ3v) is 5.62. The molecule has 2 aromatic carbocycles. The fourth-order valence-corrected chi connectivity index (χ4v) is 3.82. The summed E-state index contributed by atoms with van der Waals surface area (Å²) in [6.07, 6.45) is 0. The lowest BCUT2D eigenvalue weighted by Gasteiger charge is -2.37. The van der Waals surface area contributed by atoms with Gasteiger partial charge in [0, 0.05) is 54.6 Å². The van der Waals surface area contributed by atoms with Crippen LogP contribution in [0, 0.1) is 22.9 Å². The van der Waals surface area contributed by atoms with Gasteiger partial charge >= 0.3 is 0 Å². The van der Waals surface area contributed by atoms with Gasteiger partial charge in [0.15, 0.2) is 0 Å². The second-order valence-corrected chi connectivity index (χ2v) is 7.58. The second-order valence-electron chi connectivity index (χ2n) is 7.58. The Hall–Kier alpha value is -3.00. The van der Waals surface area contributed by atoms with Crippen molar-refractivity contribution in [1.29, 1.82) is 0 Å². The van der Waals surface area contributed by atoms with E-state index in [1.807, 2.05) is 6.92 Å². The SMILES string of the molecule is CCN1CCN(c2ccc(F)cc2C(C)NC(=O)c2ccc([N+](=O)[O-])c(C)c2)CC1. The lowest BCUT2D eigenvalue weighted by Crippen LogP contribution is -2.46. The highest BCUT2D eigenvalue weighted by molar-refractivity contribution is 5.95. The molecular weight excluding hydrogens is 387 g/mol. The van der Waals surface area contributed by atoms with Crippen molar-refractivity contribution in [3.8, 4) is 0 Å². The number of nitro groups is 1. The number of nitrogens with one attached hydrogen (secondary N) is 1. The predicted octanol–water partition coefficient (Wildman–Crippen LogP) is 3.68. The van der Waals surface area contributed by atoms with Crippen LogP contribution in [0.25, 0.3) is 0 Å². The molecule has 1 aliphatic rings. The average Bonchev–Trinajstić information content (AvgIpc) is 2.73. The van der Waals surface area contributed by atoms with Crippen molar-refractivity contribution >= 4 is 17.3 Å². The number of nitro benzene ring substituents is 1. The highest BCUT2D eigenvalue weighted by Crippen LogP contribution is 2.29. The van der Waals surface area contributed by atoms with E-state index in [1.54, 1.807) is 13.0 Å². The molecule has 2 aromatic rings. The van der Waals surface area contributed by atoms with Crippen molar-refractivity contribution in [2.75, 3.05) is 37.6 Å². The normalized spacial score (nSPS) is 15.7. The number of anilines is 1. The summed E-state index contributed by atoms with van der Waals surface area (Å²) < 4.78 is 14.0. The van der Waals surface area contributed by atoms with Gasteiger partial charge in [0.25, 0.3) is 11.6 Å². The van der Waals surface area contributed by atoms with Crippen LogP contribution < -0.4 is 10.2 Å². The summed E-state index contributed by atoms with van der Waals surface area (Å²) in [4.78, 5) is 27.8. The molecule has 1 heterocycles. The average molecular weight is 414 g/mol. The summed E-state index contributed by atoms with van der Waals surface area (Å²) >= 11 is 0. The van der Waals surface area contributed by atoms with Crippen LogP contribution in [0.15, 0.2) is 36.4 Å². The molecule has 1 unspecified atom stereocenters. The van der Waals surface area contributed by atoms with Crippen molar-refractivity contribution in [2.45, 2.75) is 26.8 Å². The maximum absolute atomic E-state index is 14.0. The summed E-state index contributed by atoms with van der Waals surface area (Å²) in [5.41, 5.74) is 2.35. The molecule has 0 spiro atoms. The van der Waals surface area contributed by atoms with Gasteiger partial charge in [-0.25, -0.2) is 4.39 Å². The van der Waals surface area contributed by atoms with Crippen LogP contribution in [0.4, 0.5) is 15.8 Å². The molecule has 0 aliphatic carbocycles. The lowest BCUT2D eigenvalue weighted by atomic mass is 10.0. The van der Waals surface area contributed by atoms with E-state index in [0.29, 0.717) is 16.7 Å². The molecule has 0 bridgehead atoms. The van der Waals surface area contributed by atoms with Crippen molar-refractivity contribution < 1.29 is 14.1 Å². The number of rotatable bonds is 6. The Morgan fingerprint density at radius 3 is 2.50 bits per heavy atom. The minimum atomic E-state index is -0.475. The largest absolute Gasteiger partial charge is 0.369 e. The molecule has 1 amide bonds. The maximum atomic E-state index is 14.0. The second kappa shape index (κ2) is 9.21. The van der Waals surface area contributed by atoms with Crippen LogP contribution in [-0.4, -0.2) is 48.5 Å². The fourth-order valence-electron chi connectivity index (χ4n) is 3.82. The highest BCUT2D eigenvalue weighted by atomic mass is 19.1. The molecule has 3 rings (SSSR count). The molecule has 1 N–H and O–H groups in total. The van der Waals surface area contributed by atoms with E-state index in [1.165, 1.54) is 30.3 Å². The van der Waals surface area contributed by atoms with Crippen LogP contribution in [0.3, 0.4) is 0 Å². The molecule has 7 nitrogen and oxygen atoms in total. The number of likely N-dealkylation sites (N-methyl/N-ethyl adjacent to an activating group) is 1. The standard InChI is InChI=1S/C22H27FN4O3/c1-4-25-9-11-26(12-10-25)21-8-6-18(23)14-19(21)16(3)24-22(28)17-5-7-20(27(29)30)15(2)13-17/h5-8,13-14,16H,4,9-12H2,1-3H3,(H,24,28). The van der Waals surface area contributed by atoms with Crippen molar-refractivity contribution in [1.82, 2.24) is 10.2 Å². The zero-order chi connectivity index (χ0) is 21.8. The van der Waals surface area contributed by atoms with Gasteiger partial charge < -0.3 is 15.1 Å². The molecule has 0 aromatic heterocycles. The van der Waals surface area contributed by atoms with Crippen LogP contribution in [0.5, 0.6) is 0 Å². The topological polar surface area (TPSA) is 78.7 Å². The van der Waals surface area contributed by atoms with Crippen LogP contribution >= 0.6 is 0 Å². The van der Waals surface area contributed by atoms with E-state index >= 15 is 0 Å². The van der Waals surface area contributed by atoms with E-state index in [4.69, 9.17) is 0 Å². The van der Waals surface area contributed by atoms with Crippen LogP contribution in [-0.2, 0) is 0 Å².